The summed E-state index contributed by atoms with van der Waals surface area (Å²) in [5, 5.41) is 2.93. The summed E-state index contributed by atoms with van der Waals surface area (Å²) >= 11 is 0. The number of carbonyl (C=O) groups is 1. The van der Waals surface area contributed by atoms with Gasteiger partial charge in [0, 0.05) is 11.3 Å². The van der Waals surface area contributed by atoms with Crippen molar-refractivity contribution in [3.05, 3.63) is 83.4 Å². The Hall–Kier alpha value is -3.52. The van der Waals surface area contributed by atoms with Crippen molar-refractivity contribution in [2.75, 3.05) is 18.9 Å². The van der Waals surface area contributed by atoms with E-state index in [-0.39, 0.29) is 16.8 Å². The van der Waals surface area contributed by atoms with Crippen LogP contribution in [0.25, 0.3) is 0 Å². The zero-order valence-electron chi connectivity index (χ0n) is 18.4. The highest BCUT2D eigenvalue weighted by atomic mass is 32.2. The van der Waals surface area contributed by atoms with Gasteiger partial charge in [-0.05, 0) is 67.9 Å². The van der Waals surface area contributed by atoms with Gasteiger partial charge >= 0.3 is 0 Å². The molecule has 0 saturated carbocycles. The average Bonchev–Trinajstić information content (AvgIpc) is 2.79. The van der Waals surface area contributed by atoms with Crippen LogP contribution in [0.4, 0.5) is 5.69 Å². The predicted molar refractivity (Wildman–Crippen MR) is 124 cm³/mol. The van der Waals surface area contributed by atoms with Gasteiger partial charge in [0.15, 0.2) is 11.5 Å². The number of rotatable bonds is 8. The predicted octanol–water partition coefficient (Wildman–Crippen LogP) is 4.30. The molecule has 1 amide bonds. The molecule has 0 aromatic heterocycles. The number of benzene rings is 3. The van der Waals surface area contributed by atoms with E-state index in [1.807, 2.05) is 26.0 Å². The van der Waals surface area contributed by atoms with E-state index < -0.39 is 10.0 Å². The summed E-state index contributed by atoms with van der Waals surface area (Å²) in [6, 6.07) is 18.0. The Morgan fingerprint density at radius 2 is 1.50 bits per heavy atom. The minimum Gasteiger partial charge on any atom is -0.493 e. The zero-order chi connectivity index (χ0) is 23.3. The Kier molecular flexibility index (Phi) is 7.05. The van der Waals surface area contributed by atoms with Gasteiger partial charge in [0.2, 0.25) is 0 Å². The molecule has 3 aromatic rings. The Bertz CT molecular complexity index is 1190. The van der Waals surface area contributed by atoms with Crippen LogP contribution in [0.5, 0.6) is 11.5 Å². The molecule has 0 spiro atoms. The molecule has 3 aromatic carbocycles. The lowest BCUT2D eigenvalue weighted by Crippen LogP contribution is -2.26. The van der Waals surface area contributed by atoms with Gasteiger partial charge < -0.3 is 14.8 Å². The second-order valence-corrected chi connectivity index (χ2v) is 8.99. The van der Waals surface area contributed by atoms with Crippen molar-refractivity contribution in [3.63, 3.8) is 0 Å². The van der Waals surface area contributed by atoms with Gasteiger partial charge in [-0.25, -0.2) is 8.42 Å². The second-order valence-electron chi connectivity index (χ2n) is 7.31. The maximum absolute atomic E-state index is 12.7. The number of ether oxygens (including phenoxy) is 2. The Balaban J connectivity index is 1.68. The lowest BCUT2D eigenvalue weighted by atomic mass is 10.1. The third kappa shape index (κ3) is 5.39. The molecule has 0 unspecified atom stereocenters. The van der Waals surface area contributed by atoms with Gasteiger partial charge in [0.25, 0.3) is 15.9 Å². The first-order valence-electron chi connectivity index (χ1n) is 9.96. The van der Waals surface area contributed by atoms with E-state index in [4.69, 9.17) is 9.47 Å². The van der Waals surface area contributed by atoms with E-state index >= 15 is 0 Å². The minimum atomic E-state index is -3.70. The molecule has 0 radical (unpaired) electrons. The monoisotopic (exact) mass is 454 g/mol. The normalized spacial score (nSPS) is 12.0. The lowest BCUT2D eigenvalue weighted by molar-refractivity contribution is 0.0940. The molecule has 0 aliphatic rings. The second kappa shape index (κ2) is 9.74. The number of amides is 1. The van der Waals surface area contributed by atoms with Gasteiger partial charge in [-0.3, -0.25) is 9.52 Å². The molecule has 2 N–H and O–H groups in total. The van der Waals surface area contributed by atoms with Gasteiger partial charge in [-0.15, -0.1) is 0 Å². The quantitative estimate of drug-likeness (QED) is 0.529. The van der Waals surface area contributed by atoms with Crippen molar-refractivity contribution in [3.8, 4) is 11.5 Å². The van der Waals surface area contributed by atoms with Gasteiger partial charge in [-0.2, -0.15) is 0 Å². The highest BCUT2D eigenvalue weighted by Crippen LogP contribution is 2.30. The maximum Gasteiger partial charge on any atom is 0.261 e. The van der Waals surface area contributed by atoms with E-state index in [0.29, 0.717) is 22.7 Å². The minimum absolute atomic E-state index is 0.175. The Morgan fingerprint density at radius 1 is 0.875 bits per heavy atom. The first kappa shape index (κ1) is 23.1. The van der Waals surface area contributed by atoms with Crippen molar-refractivity contribution in [2.45, 2.75) is 24.8 Å². The highest BCUT2D eigenvalue weighted by Gasteiger charge is 2.16. The summed E-state index contributed by atoms with van der Waals surface area (Å²) < 4.78 is 38.1. The fourth-order valence-electron chi connectivity index (χ4n) is 3.11. The molecule has 3 rings (SSSR count). The first-order chi connectivity index (χ1) is 15.2. The smallest absolute Gasteiger partial charge is 0.261 e. The standard InChI is InChI=1S/C24H26N2O5S/c1-16-5-12-21(13-6-16)32(28,29)26-20-10-7-18(8-11-20)24(27)25-17(2)19-9-14-22(30-3)23(15-19)31-4/h5-15,17,26H,1-4H3,(H,25,27)/t17-/m1/s1. The molecular weight excluding hydrogens is 428 g/mol. The number of hydrogen-bond donors (Lipinski definition) is 2. The Labute approximate surface area is 188 Å². The number of carbonyl (C=O) groups excluding carboxylic acids is 1. The molecular formula is C24H26N2O5S. The molecule has 0 fully saturated rings. The third-order valence-electron chi connectivity index (χ3n) is 4.99. The molecule has 0 heterocycles. The largest absolute Gasteiger partial charge is 0.493 e. The van der Waals surface area contributed by atoms with E-state index in [0.717, 1.165) is 11.1 Å². The van der Waals surface area contributed by atoms with E-state index in [2.05, 4.69) is 10.0 Å². The molecule has 0 bridgehead atoms. The van der Waals surface area contributed by atoms with Crippen molar-refractivity contribution in [1.82, 2.24) is 5.32 Å². The van der Waals surface area contributed by atoms with Crippen LogP contribution in [0.15, 0.2) is 71.6 Å². The van der Waals surface area contributed by atoms with Crippen molar-refractivity contribution < 1.29 is 22.7 Å². The summed E-state index contributed by atoms with van der Waals surface area (Å²) in [4.78, 5) is 12.8. The van der Waals surface area contributed by atoms with Crippen molar-refractivity contribution in [1.29, 1.82) is 0 Å². The zero-order valence-corrected chi connectivity index (χ0v) is 19.2. The summed E-state index contributed by atoms with van der Waals surface area (Å²) in [5.41, 5.74) is 2.62. The lowest BCUT2D eigenvalue weighted by Gasteiger charge is -2.17. The first-order valence-corrected chi connectivity index (χ1v) is 11.4. The van der Waals surface area contributed by atoms with Crippen LogP contribution in [-0.4, -0.2) is 28.5 Å². The number of sulfonamides is 1. The maximum atomic E-state index is 12.7. The fraction of sp³-hybridized carbons (Fsp3) is 0.208. The molecule has 0 saturated heterocycles. The molecule has 0 aliphatic heterocycles. The highest BCUT2D eigenvalue weighted by molar-refractivity contribution is 7.92. The number of methoxy groups -OCH3 is 2. The molecule has 8 heteroatoms. The van der Waals surface area contributed by atoms with E-state index in [1.54, 1.807) is 68.8 Å². The average molecular weight is 455 g/mol. The summed E-state index contributed by atoms with van der Waals surface area (Å²) in [6.07, 6.45) is 0. The third-order valence-corrected chi connectivity index (χ3v) is 6.38. The van der Waals surface area contributed by atoms with Crippen LogP contribution in [0.1, 0.15) is 34.5 Å². The summed E-state index contributed by atoms with van der Waals surface area (Å²) in [5.74, 6) is 0.912. The van der Waals surface area contributed by atoms with Crippen LogP contribution < -0.4 is 19.5 Å². The fourth-order valence-corrected chi connectivity index (χ4v) is 4.17. The van der Waals surface area contributed by atoms with Gasteiger partial charge in [-0.1, -0.05) is 23.8 Å². The molecule has 0 aliphatic carbocycles. The van der Waals surface area contributed by atoms with E-state index in [1.165, 1.54) is 0 Å². The number of anilines is 1. The topological polar surface area (TPSA) is 93.7 Å². The van der Waals surface area contributed by atoms with Crippen molar-refractivity contribution in [2.24, 2.45) is 0 Å². The SMILES string of the molecule is COc1ccc([C@@H](C)NC(=O)c2ccc(NS(=O)(=O)c3ccc(C)cc3)cc2)cc1OC. The summed E-state index contributed by atoms with van der Waals surface area (Å²) in [6.45, 7) is 3.75. The van der Waals surface area contributed by atoms with Gasteiger partial charge in [0.1, 0.15) is 0 Å². The van der Waals surface area contributed by atoms with Crippen LogP contribution in [0.2, 0.25) is 0 Å². The van der Waals surface area contributed by atoms with Crippen LogP contribution >= 0.6 is 0 Å². The number of nitrogens with one attached hydrogen (secondary N) is 2. The molecule has 168 valence electrons. The summed E-state index contributed by atoms with van der Waals surface area (Å²) in [7, 11) is -0.585. The van der Waals surface area contributed by atoms with Crippen LogP contribution in [0.3, 0.4) is 0 Å². The van der Waals surface area contributed by atoms with Crippen LogP contribution in [-0.2, 0) is 10.0 Å². The van der Waals surface area contributed by atoms with Crippen molar-refractivity contribution >= 4 is 21.6 Å². The molecule has 32 heavy (non-hydrogen) atoms. The number of hydrogen-bond acceptors (Lipinski definition) is 5. The molecule has 7 nitrogen and oxygen atoms in total. The number of aryl methyl sites for hydroxylation is 1. The molecule has 1 atom stereocenters. The van der Waals surface area contributed by atoms with Gasteiger partial charge in [0.05, 0.1) is 25.2 Å². The van der Waals surface area contributed by atoms with E-state index in [9.17, 15) is 13.2 Å². The Morgan fingerprint density at radius 3 is 2.09 bits per heavy atom. The van der Waals surface area contributed by atoms with Crippen LogP contribution in [0, 0.1) is 6.92 Å².